The monoisotopic (exact) mass is 250 g/mol. The quantitative estimate of drug-likeness (QED) is 0.613. The van der Waals surface area contributed by atoms with Crippen LogP contribution < -0.4 is 0 Å². The Morgan fingerprint density at radius 1 is 1.12 bits per heavy atom. The van der Waals surface area contributed by atoms with Crippen LogP contribution in [0.25, 0.3) is 0 Å². The van der Waals surface area contributed by atoms with Crippen molar-refractivity contribution in [2.24, 2.45) is 5.16 Å². The first kappa shape index (κ1) is 11.4. The van der Waals surface area contributed by atoms with Crippen molar-refractivity contribution < 1.29 is 17.1 Å². The molecule has 0 amide bonds. The molecule has 1 radical (unpaired) electrons. The van der Waals surface area contributed by atoms with E-state index >= 15 is 0 Å². The Hall–Kier alpha value is -2.08. The Balaban J connectivity index is 2.09. The van der Waals surface area contributed by atoms with Crippen molar-refractivity contribution in [1.82, 2.24) is 0 Å². The van der Waals surface area contributed by atoms with E-state index in [1.54, 1.807) is 30.3 Å². The standard InChI is InChI=1S/C11H8NO4S/c13-17(14,11-6-2-1-3-7-11)16-12-9-10-5-4-8-15-10/h1-8H. The first-order valence-corrected chi connectivity index (χ1v) is 6.07. The van der Waals surface area contributed by atoms with E-state index in [9.17, 15) is 8.42 Å². The second-order valence-electron chi connectivity index (χ2n) is 3.02. The van der Waals surface area contributed by atoms with Gasteiger partial charge in [-0.15, -0.1) is 0 Å². The molecule has 1 aromatic heterocycles. The molecule has 0 N–H and O–H groups in total. The summed E-state index contributed by atoms with van der Waals surface area (Å²) in [7, 11) is -3.88. The topological polar surface area (TPSA) is 68.9 Å². The summed E-state index contributed by atoms with van der Waals surface area (Å²) in [6.45, 7) is 0. The summed E-state index contributed by atoms with van der Waals surface area (Å²) in [5.74, 6) is 0.285. The van der Waals surface area contributed by atoms with Crippen molar-refractivity contribution in [3.8, 4) is 0 Å². The summed E-state index contributed by atoms with van der Waals surface area (Å²) < 4.78 is 32.4. The lowest BCUT2D eigenvalue weighted by Crippen LogP contribution is -2.02. The molecular weight excluding hydrogens is 242 g/mol. The minimum absolute atomic E-state index is 0.0324. The third-order valence-electron chi connectivity index (χ3n) is 1.84. The lowest BCUT2D eigenvalue weighted by atomic mass is 10.4. The normalized spacial score (nSPS) is 11.8. The molecule has 0 unspecified atom stereocenters. The summed E-state index contributed by atoms with van der Waals surface area (Å²) >= 11 is 0. The van der Waals surface area contributed by atoms with Crippen molar-refractivity contribution in [3.63, 3.8) is 0 Å². The lowest BCUT2D eigenvalue weighted by Gasteiger charge is -1.99. The minimum Gasteiger partial charge on any atom is -0.463 e. The molecule has 0 atom stereocenters. The molecule has 0 aliphatic heterocycles. The Morgan fingerprint density at radius 2 is 1.88 bits per heavy atom. The molecule has 1 aromatic carbocycles. The number of rotatable bonds is 4. The Morgan fingerprint density at radius 3 is 2.53 bits per heavy atom. The average molecular weight is 250 g/mol. The van der Waals surface area contributed by atoms with Gasteiger partial charge in [-0.05, 0) is 24.3 Å². The van der Waals surface area contributed by atoms with Crippen LogP contribution in [-0.4, -0.2) is 14.6 Å². The van der Waals surface area contributed by atoms with Crippen LogP contribution in [0.15, 0.2) is 63.2 Å². The fourth-order valence-electron chi connectivity index (χ4n) is 1.09. The number of nitrogens with zero attached hydrogens (tertiary/aromatic N) is 1. The van der Waals surface area contributed by atoms with E-state index in [0.717, 1.165) is 0 Å². The van der Waals surface area contributed by atoms with Crippen molar-refractivity contribution in [2.45, 2.75) is 4.90 Å². The molecule has 0 bridgehead atoms. The van der Waals surface area contributed by atoms with Gasteiger partial charge < -0.3 is 4.42 Å². The smallest absolute Gasteiger partial charge is 0.358 e. The van der Waals surface area contributed by atoms with Crippen LogP contribution in [0, 0.1) is 0 Å². The average Bonchev–Trinajstić information content (AvgIpc) is 2.83. The third-order valence-corrected chi connectivity index (χ3v) is 2.96. The highest BCUT2D eigenvalue weighted by Crippen LogP contribution is 2.11. The third kappa shape index (κ3) is 2.94. The molecular formula is C11H8NO4S. The van der Waals surface area contributed by atoms with Gasteiger partial charge >= 0.3 is 10.1 Å². The Bertz CT molecular complexity index is 588. The van der Waals surface area contributed by atoms with Gasteiger partial charge in [0.25, 0.3) is 0 Å². The highest BCUT2D eigenvalue weighted by Gasteiger charge is 2.14. The van der Waals surface area contributed by atoms with Crippen LogP contribution in [0.1, 0.15) is 5.76 Å². The van der Waals surface area contributed by atoms with Gasteiger partial charge in [-0.25, -0.2) is 0 Å². The molecule has 2 rings (SSSR count). The maximum atomic E-state index is 11.6. The largest absolute Gasteiger partial charge is 0.463 e. The van der Waals surface area contributed by atoms with E-state index in [0.29, 0.717) is 0 Å². The SMILES string of the molecule is O=S(=O)(O/N=[C]\c1ccco1)c1ccccc1. The Labute approximate surface area is 98.4 Å². The molecule has 0 fully saturated rings. The zero-order valence-electron chi connectivity index (χ0n) is 8.61. The summed E-state index contributed by atoms with van der Waals surface area (Å²) in [5, 5.41) is 3.23. The van der Waals surface area contributed by atoms with Gasteiger partial charge in [0.2, 0.25) is 0 Å². The van der Waals surface area contributed by atoms with E-state index < -0.39 is 10.1 Å². The van der Waals surface area contributed by atoms with Gasteiger partial charge in [-0.1, -0.05) is 23.4 Å². The highest BCUT2D eigenvalue weighted by molar-refractivity contribution is 7.86. The summed E-state index contributed by atoms with van der Waals surface area (Å²) in [4.78, 5) is 0.0324. The fraction of sp³-hybridized carbons (Fsp3) is 0. The first-order valence-electron chi connectivity index (χ1n) is 4.67. The molecule has 1 heterocycles. The summed E-state index contributed by atoms with van der Waals surface area (Å²) in [6, 6.07) is 10.9. The fourth-order valence-corrected chi connectivity index (χ4v) is 1.80. The van der Waals surface area contributed by atoms with Crippen LogP contribution in [0.4, 0.5) is 0 Å². The molecule has 2 aromatic rings. The molecule has 0 saturated heterocycles. The minimum atomic E-state index is -3.88. The van der Waals surface area contributed by atoms with Crippen LogP contribution >= 0.6 is 0 Å². The van der Waals surface area contributed by atoms with Gasteiger partial charge in [-0.2, -0.15) is 8.42 Å². The van der Waals surface area contributed by atoms with E-state index in [2.05, 4.69) is 15.7 Å². The van der Waals surface area contributed by atoms with Crippen LogP contribution in [0.2, 0.25) is 0 Å². The van der Waals surface area contributed by atoms with Gasteiger partial charge in [0, 0.05) is 0 Å². The van der Waals surface area contributed by atoms with Crippen LogP contribution in [-0.2, 0) is 14.4 Å². The van der Waals surface area contributed by atoms with Crippen LogP contribution in [0.3, 0.4) is 0 Å². The van der Waals surface area contributed by atoms with Crippen molar-refractivity contribution in [1.29, 1.82) is 0 Å². The number of benzene rings is 1. The van der Waals surface area contributed by atoms with E-state index in [1.807, 2.05) is 0 Å². The molecule has 6 heteroatoms. The maximum Gasteiger partial charge on any atom is 0.358 e. The van der Waals surface area contributed by atoms with E-state index in [-0.39, 0.29) is 10.7 Å². The number of furan rings is 1. The highest BCUT2D eigenvalue weighted by atomic mass is 32.2. The Kier molecular flexibility index (Phi) is 3.24. The second kappa shape index (κ2) is 4.84. The number of hydrogen-bond donors (Lipinski definition) is 0. The molecule has 5 nitrogen and oxygen atoms in total. The lowest BCUT2D eigenvalue weighted by molar-refractivity contribution is 0.340. The zero-order chi connectivity index (χ0) is 12.1. The molecule has 17 heavy (non-hydrogen) atoms. The van der Waals surface area contributed by atoms with E-state index in [4.69, 9.17) is 4.42 Å². The summed E-state index contributed by atoms with van der Waals surface area (Å²) in [6.07, 6.45) is 3.73. The number of hydrogen-bond acceptors (Lipinski definition) is 5. The van der Waals surface area contributed by atoms with Crippen molar-refractivity contribution in [3.05, 3.63) is 54.5 Å². The molecule has 87 valence electrons. The maximum absolute atomic E-state index is 11.6. The van der Waals surface area contributed by atoms with Gasteiger partial charge in [-0.3, -0.25) is 4.28 Å². The molecule has 0 saturated carbocycles. The molecule has 0 aliphatic carbocycles. The molecule has 0 aliphatic rings. The predicted octanol–water partition coefficient (Wildman–Crippen LogP) is 1.90. The predicted molar refractivity (Wildman–Crippen MR) is 60.0 cm³/mol. The molecule has 0 spiro atoms. The summed E-state index contributed by atoms with van der Waals surface area (Å²) in [5.41, 5.74) is 0. The van der Waals surface area contributed by atoms with E-state index in [1.165, 1.54) is 18.4 Å². The van der Waals surface area contributed by atoms with Crippen LogP contribution in [0.5, 0.6) is 0 Å². The van der Waals surface area contributed by atoms with Crippen molar-refractivity contribution in [2.75, 3.05) is 0 Å². The van der Waals surface area contributed by atoms with Gasteiger partial charge in [0.15, 0.2) is 12.0 Å². The second-order valence-corrected chi connectivity index (χ2v) is 4.55. The van der Waals surface area contributed by atoms with Gasteiger partial charge in [0.1, 0.15) is 4.90 Å². The first-order chi connectivity index (χ1) is 8.18. The zero-order valence-corrected chi connectivity index (χ0v) is 9.42. The van der Waals surface area contributed by atoms with Gasteiger partial charge in [0.05, 0.1) is 6.26 Å². The van der Waals surface area contributed by atoms with Crippen molar-refractivity contribution >= 4 is 16.3 Å².